The summed E-state index contributed by atoms with van der Waals surface area (Å²) >= 11 is 0. The third-order valence-electron chi connectivity index (χ3n) is 9.63. The molecule has 59 heavy (non-hydrogen) atoms. The highest BCUT2D eigenvalue weighted by Crippen LogP contribution is 2.43. The lowest BCUT2D eigenvalue weighted by Crippen LogP contribution is -2.29. The molecule has 0 fully saturated rings. The van der Waals surface area contributed by atoms with Gasteiger partial charge in [-0.2, -0.15) is 0 Å². The lowest BCUT2D eigenvalue weighted by Gasteiger charge is -2.20. The van der Waals surface area contributed by atoms with Crippen LogP contribution >= 0.6 is 7.82 Å². The number of hydrogen-bond donors (Lipinski definition) is 3. The number of unbranched alkanes of at least 4 members (excludes halogenated alkanes) is 18. The average Bonchev–Trinajstić information content (AvgIpc) is 3.23. The summed E-state index contributed by atoms with van der Waals surface area (Å²) < 4.78 is 33.4. The lowest BCUT2D eigenvalue weighted by atomic mass is 10.1. The number of rotatable bonds is 44. The van der Waals surface area contributed by atoms with E-state index in [1.807, 2.05) is 0 Å². The second-order valence-electron chi connectivity index (χ2n) is 15.4. The van der Waals surface area contributed by atoms with Gasteiger partial charge in [0.05, 0.1) is 26.4 Å². The molecule has 10 heteroatoms. The molecule has 342 valence electrons. The minimum absolute atomic E-state index is 0.0369. The molecule has 0 aliphatic rings. The molecule has 0 aromatic carbocycles. The maximum Gasteiger partial charge on any atom is 0.472 e. The molecular weight excluding hydrogens is 764 g/mol. The number of ether oxygens (including phenoxy) is 2. The number of phosphoric ester groups is 1. The van der Waals surface area contributed by atoms with Crippen molar-refractivity contribution in [1.82, 2.24) is 0 Å². The molecule has 0 aliphatic heterocycles. The van der Waals surface area contributed by atoms with Gasteiger partial charge in [0, 0.05) is 13.0 Å². The summed E-state index contributed by atoms with van der Waals surface area (Å²) in [6.07, 6.45) is 54.3. The zero-order valence-electron chi connectivity index (χ0n) is 37.4. The summed E-state index contributed by atoms with van der Waals surface area (Å²) in [7, 11) is -4.53. The van der Waals surface area contributed by atoms with Crippen LogP contribution < -0.4 is 0 Å². The summed E-state index contributed by atoms with van der Waals surface area (Å²) in [6.45, 7) is 3.36. The Morgan fingerprint density at radius 1 is 0.542 bits per heavy atom. The van der Waals surface area contributed by atoms with Crippen LogP contribution in [0.25, 0.3) is 0 Å². The highest BCUT2D eigenvalue weighted by atomic mass is 31.2. The number of carbonyl (C=O) groups is 1. The molecular formula is C49H87O9P. The fraction of sp³-hybridized carbons (Fsp3) is 0.735. The number of aliphatic hydroxyl groups excluding tert-OH is 2. The van der Waals surface area contributed by atoms with E-state index >= 15 is 0 Å². The third-order valence-corrected chi connectivity index (χ3v) is 10.6. The molecule has 3 N–H and O–H groups in total. The fourth-order valence-corrected chi connectivity index (χ4v) is 6.87. The van der Waals surface area contributed by atoms with Gasteiger partial charge in [0.2, 0.25) is 0 Å². The van der Waals surface area contributed by atoms with Gasteiger partial charge in [0.1, 0.15) is 12.2 Å². The minimum Gasteiger partial charge on any atom is -0.457 e. The second kappa shape index (κ2) is 45.4. The van der Waals surface area contributed by atoms with Crippen LogP contribution in [0.5, 0.6) is 0 Å². The van der Waals surface area contributed by atoms with Crippen molar-refractivity contribution in [2.45, 2.75) is 199 Å². The molecule has 0 aromatic rings. The Kier molecular flexibility index (Phi) is 43.8. The lowest BCUT2D eigenvalue weighted by molar-refractivity contribution is -0.154. The average molecular weight is 851 g/mol. The zero-order chi connectivity index (χ0) is 43.2. The number of phosphoric acid groups is 1. The topological polar surface area (TPSA) is 132 Å². The largest absolute Gasteiger partial charge is 0.472 e. The molecule has 0 saturated heterocycles. The van der Waals surface area contributed by atoms with Crippen molar-refractivity contribution >= 4 is 13.8 Å². The van der Waals surface area contributed by atoms with Crippen LogP contribution in [0.2, 0.25) is 0 Å². The summed E-state index contributed by atoms with van der Waals surface area (Å²) in [5.41, 5.74) is 0. The maximum absolute atomic E-state index is 12.6. The van der Waals surface area contributed by atoms with Crippen LogP contribution in [-0.4, -0.2) is 66.3 Å². The highest BCUT2D eigenvalue weighted by molar-refractivity contribution is 7.47. The van der Waals surface area contributed by atoms with Gasteiger partial charge >= 0.3 is 13.8 Å². The van der Waals surface area contributed by atoms with Gasteiger partial charge < -0.3 is 24.6 Å². The molecule has 0 rings (SSSR count). The van der Waals surface area contributed by atoms with E-state index in [4.69, 9.17) is 23.6 Å². The molecule has 0 amide bonds. The Morgan fingerprint density at radius 3 is 1.47 bits per heavy atom. The maximum atomic E-state index is 12.6. The van der Waals surface area contributed by atoms with E-state index in [0.29, 0.717) is 13.0 Å². The van der Waals surface area contributed by atoms with Crippen LogP contribution in [0, 0.1) is 0 Å². The van der Waals surface area contributed by atoms with Crippen molar-refractivity contribution in [3.63, 3.8) is 0 Å². The Bertz CT molecular complexity index is 1150. The van der Waals surface area contributed by atoms with Gasteiger partial charge in [0.25, 0.3) is 0 Å². The fourth-order valence-electron chi connectivity index (χ4n) is 6.08. The summed E-state index contributed by atoms with van der Waals surface area (Å²) in [5, 5.41) is 18.4. The van der Waals surface area contributed by atoms with Gasteiger partial charge in [-0.3, -0.25) is 13.8 Å². The predicted molar refractivity (Wildman–Crippen MR) is 246 cm³/mol. The molecule has 3 unspecified atom stereocenters. The van der Waals surface area contributed by atoms with E-state index in [0.717, 1.165) is 89.9 Å². The summed E-state index contributed by atoms with van der Waals surface area (Å²) in [6, 6.07) is 0. The van der Waals surface area contributed by atoms with E-state index in [-0.39, 0.29) is 19.6 Å². The first-order chi connectivity index (χ1) is 28.8. The van der Waals surface area contributed by atoms with E-state index in [1.165, 1.54) is 70.6 Å². The van der Waals surface area contributed by atoms with E-state index in [9.17, 15) is 19.4 Å². The van der Waals surface area contributed by atoms with Crippen molar-refractivity contribution in [1.29, 1.82) is 0 Å². The molecule has 3 atom stereocenters. The molecule has 0 spiro atoms. The molecule has 0 saturated carbocycles. The van der Waals surface area contributed by atoms with Crippen LogP contribution in [0.3, 0.4) is 0 Å². The SMILES string of the molecule is CC/C=C\C/C=C\C/C=C\C/C=C\C/C=C\CCCCCCCCCCOCC(COP(=O)(O)OCC(O)CO)OC(=O)CCCCCCC/C=C\CCCCCCC. The first kappa shape index (κ1) is 56.9. The Morgan fingerprint density at radius 2 is 0.966 bits per heavy atom. The smallest absolute Gasteiger partial charge is 0.457 e. The van der Waals surface area contributed by atoms with Crippen molar-refractivity contribution in [2.75, 3.05) is 33.0 Å². The first-order valence-corrected chi connectivity index (χ1v) is 24.9. The van der Waals surface area contributed by atoms with Gasteiger partial charge in [-0.15, -0.1) is 0 Å². The zero-order valence-corrected chi connectivity index (χ0v) is 38.3. The number of esters is 1. The van der Waals surface area contributed by atoms with Crippen LogP contribution in [0.4, 0.5) is 0 Å². The summed E-state index contributed by atoms with van der Waals surface area (Å²) in [5.74, 6) is -0.397. The molecule has 0 aromatic heterocycles. The van der Waals surface area contributed by atoms with Crippen LogP contribution in [0.15, 0.2) is 72.9 Å². The third kappa shape index (κ3) is 45.3. The van der Waals surface area contributed by atoms with Crippen molar-refractivity contribution in [3.8, 4) is 0 Å². The predicted octanol–water partition coefficient (Wildman–Crippen LogP) is 13.3. The second-order valence-corrected chi connectivity index (χ2v) is 16.8. The summed E-state index contributed by atoms with van der Waals surface area (Å²) in [4.78, 5) is 22.6. The van der Waals surface area contributed by atoms with E-state index in [1.54, 1.807) is 0 Å². The number of allylic oxidation sites excluding steroid dienone is 12. The Balaban J connectivity index is 4.13. The number of aliphatic hydroxyl groups is 2. The van der Waals surface area contributed by atoms with Crippen LogP contribution in [-0.2, 0) is 27.9 Å². The first-order valence-electron chi connectivity index (χ1n) is 23.4. The molecule has 0 bridgehead atoms. The van der Waals surface area contributed by atoms with Gasteiger partial charge in [0.15, 0.2) is 0 Å². The van der Waals surface area contributed by atoms with Gasteiger partial charge in [-0.05, 0) is 83.5 Å². The molecule has 0 heterocycles. The van der Waals surface area contributed by atoms with E-state index in [2.05, 4.69) is 86.8 Å². The number of carbonyl (C=O) groups excluding carboxylic acids is 1. The van der Waals surface area contributed by atoms with E-state index < -0.39 is 39.2 Å². The quantitative estimate of drug-likeness (QED) is 0.0237. The van der Waals surface area contributed by atoms with Crippen molar-refractivity contribution in [2.24, 2.45) is 0 Å². The highest BCUT2D eigenvalue weighted by Gasteiger charge is 2.26. The van der Waals surface area contributed by atoms with Crippen molar-refractivity contribution in [3.05, 3.63) is 72.9 Å². The van der Waals surface area contributed by atoms with Gasteiger partial charge in [-0.1, -0.05) is 170 Å². The minimum atomic E-state index is -4.53. The molecule has 9 nitrogen and oxygen atoms in total. The Hall–Kier alpha value is -2.10. The van der Waals surface area contributed by atoms with Crippen LogP contribution in [0.1, 0.15) is 187 Å². The standard InChI is InChI=1S/C49H87O9P/c1-3-5-7-9-11-13-15-17-19-20-21-22-23-24-25-26-27-28-30-32-34-36-38-40-42-55-45-48(46-57-59(53,54)56-44-47(51)43-50)58-49(52)41-39-37-35-33-31-29-18-16-14-12-10-8-6-4-2/h5,7,11,13,16-19,21-22,24-25,47-48,50-51H,3-4,6,8-10,12,14-15,20,23,26-46H2,1-2H3,(H,53,54)/b7-5-,13-11-,18-16-,19-17-,22-21-,25-24-. The molecule has 0 aliphatic carbocycles. The number of hydrogen-bond acceptors (Lipinski definition) is 8. The van der Waals surface area contributed by atoms with Gasteiger partial charge in [-0.25, -0.2) is 4.57 Å². The van der Waals surface area contributed by atoms with Crippen molar-refractivity contribution < 1.29 is 43.0 Å². The Labute approximate surface area is 361 Å². The molecule has 0 radical (unpaired) electrons. The monoisotopic (exact) mass is 851 g/mol. The normalized spacial score (nSPS) is 14.6.